The number of halogens is 2. The Labute approximate surface area is 124 Å². The number of hydrogen-bond donors (Lipinski definition) is 1. The minimum Gasteiger partial charge on any atom is -0.342 e. The van der Waals surface area contributed by atoms with Crippen molar-refractivity contribution < 1.29 is 18.4 Å². The van der Waals surface area contributed by atoms with E-state index in [9.17, 15) is 18.4 Å². The van der Waals surface area contributed by atoms with E-state index >= 15 is 0 Å². The van der Waals surface area contributed by atoms with Gasteiger partial charge in [0, 0.05) is 19.0 Å². The van der Waals surface area contributed by atoms with Gasteiger partial charge in [-0.3, -0.25) is 9.59 Å². The Bertz CT molecular complexity index is 496. The van der Waals surface area contributed by atoms with Gasteiger partial charge in [-0.05, 0) is 19.8 Å². The van der Waals surface area contributed by atoms with Crippen LogP contribution in [-0.2, 0) is 9.59 Å². The summed E-state index contributed by atoms with van der Waals surface area (Å²) in [5, 5.41) is 10.4. The lowest BCUT2D eigenvalue weighted by molar-refractivity contribution is -0.140. The van der Waals surface area contributed by atoms with Crippen LogP contribution in [0.1, 0.15) is 26.2 Å². The Balaban J connectivity index is 1.80. The molecule has 1 saturated heterocycles. The van der Waals surface area contributed by atoms with Gasteiger partial charge in [0.05, 0.1) is 6.42 Å². The van der Waals surface area contributed by atoms with E-state index in [1.165, 1.54) is 21.7 Å². The quantitative estimate of drug-likeness (QED) is 0.918. The molecule has 2 amide bonds. The summed E-state index contributed by atoms with van der Waals surface area (Å²) in [6.45, 7) is 1.37. The molecule has 1 aromatic rings. The summed E-state index contributed by atoms with van der Waals surface area (Å²) in [5.74, 6) is -3.96. The lowest BCUT2D eigenvalue weighted by Crippen LogP contribution is -2.42. The van der Waals surface area contributed by atoms with E-state index in [-0.39, 0.29) is 11.8 Å². The van der Waals surface area contributed by atoms with Crippen LogP contribution in [0.15, 0.2) is 5.51 Å². The molecule has 2 heterocycles. The monoisotopic (exact) mass is 318 g/mol. The molecule has 0 radical (unpaired) electrons. The molecule has 1 fully saturated rings. The fourth-order valence-electron chi connectivity index (χ4n) is 2.20. The first-order valence-corrected chi connectivity index (χ1v) is 7.46. The number of alkyl halides is 2. The maximum atomic E-state index is 12.8. The highest BCUT2D eigenvalue weighted by Crippen LogP contribution is 2.23. The molecule has 1 aliphatic rings. The first kappa shape index (κ1) is 15.7. The number of amides is 2. The number of nitrogens with one attached hydrogen (secondary N) is 1. The molecule has 0 unspecified atom stereocenters. The Hall–Kier alpha value is -1.64. The molecule has 0 aromatic carbocycles. The van der Waals surface area contributed by atoms with E-state index in [0.29, 0.717) is 31.1 Å². The number of likely N-dealkylation sites (tertiary alicyclic amines) is 1. The summed E-state index contributed by atoms with van der Waals surface area (Å²) in [5.41, 5.74) is 1.52. The van der Waals surface area contributed by atoms with Crippen LogP contribution < -0.4 is 5.32 Å². The first-order valence-electron chi connectivity index (χ1n) is 6.58. The van der Waals surface area contributed by atoms with Gasteiger partial charge in [-0.2, -0.15) is 0 Å². The Morgan fingerprint density at radius 3 is 2.67 bits per heavy atom. The van der Waals surface area contributed by atoms with Gasteiger partial charge in [0.15, 0.2) is 0 Å². The molecule has 6 nitrogen and oxygen atoms in total. The van der Waals surface area contributed by atoms with Crippen LogP contribution in [0.5, 0.6) is 0 Å². The van der Waals surface area contributed by atoms with E-state index in [4.69, 9.17) is 0 Å². The molecule has 0 saturated carbocycles. The van der Waals surface area contributed by atoms with Gasteiger partial charge in [0.25, 0.3) is 5.92 Å². The van der Waals surface area contributed by atoms with Crippen molar-refractivity contribution in [1.29, 1.82) is 0 Å². The molecular formula is C12H16F2N4O2S. The van der Waals surface area contributed by atoms with E-state index in [0.717, 1.165) is 6.92 Å². The molecule has 9 heteroatoms. The minimum absolute atomic E-state index is 0.167. The van der Waals surface area contributed by atoms with Gasteiger partial charge < -0.3 is 10.2 Å². The van der Waals surface area contributed by atoms with Crippen molar-refractivity contribution in [2.75, 3.05) is 18.4 Å². The number of hydrogen-bond acceptors (Lipinski definition) is 5. The molecule has 0 bridgehead atoms. The Morgan fingerprint density at radius 1 is 1.48 bits per heavy atom. The highest BCUT2D eigenvalue weighted by molar-refractivity contribution is 7.13. The highest BCUT2D eigenvalue weighted by atomic mass is 32.1. The zero-order valence-corrected chi connectivity index (χ0v) is 12.3. The van der Waals surface area contributed by atoms with E-state index in [1.807, 2.05) is 0 Å². The van der Waals surface area contributed by atoms with Crippen molar-refractivity contribution in [2.24, 2.45) is 5.92 Å². The fraction of sp³-hybridized carbons (Fsp3) is 0.667. The van der Waals surface area contributed by atoms with E-state index < -0.39 is 18.3 Å². The third-order valence-electron chi connectivity index (χ3n) is 3.27. The van der Waals surface area contributed by atoms with Crippen molar-refractivity contribution in [3.63, 3.8) is 0 Å². The standard InChI is InChI=1S/C12H16F2N4O2S/c1-12(13,14)6-9(19)18-4-2-8(3-5-18)10(20)16-11-17-15-7-21-11/h7-8H,2-6H2,1H3,(H,16,17,20). The van der Waals surface area contributed by atoms with Crippen LogP contribution in [0.2, 0.25) is 0 Å². The fourth-order valence-corrected chi connectivity index (χ4v) is 2.65. The third-order valence-corrected chi connectivity index (χ3v) is 3.88. The Kier molecular flexibility index (Phi) is 4.81. The molecule has 0 spiro atoms. The summed E-state index contributed by atoms with van der Waals surface area (Å²) >= 11 is 1.23. The van der Waals surface area contributed by atoms with Crippen LogP contribution in [0.3, 0.4) is 0 Å². The molecule has 1 N–H and O–H groups in total. The minimum atomic E-state index is -3.00. The predicted molar refractivity (Wildman–Crippen MR) is 73.1 cm³/mol. The molecule has 0 atom stereocenters. The van der Waals surface area contributed by atoms with Crippen molar-refractivity contribution >= 4 is 28.3 Å². The van der Waals surface area contributed by atoms with Gasteiger partial charge in [-0.15, -0.1) is 10.2 Å². The summed E-state index contributed by atoms with van der Waals surface area (Å²) in [7, 11) is 0. The maximum Gasteiger partial charge on any atom is 0.254 e. The summed E-state index contributed by atoms with van der Waals surface area (Å²) in [6, 6.07) is 0. The number of nitrogens with zero attached hydrogens (tertiary/aromatic N) is 3. The first-order chi connectivity index (χ1) is 9.85. The van der Waals surface area contributed by atoms with Gasteiger partial charge >= 0.3 is 0 Å². The summed E-state index contributed by atoms with van der Waals surface area (Å²) in [4.78, 5) is 25.0. The van der Waals surface area contributed by atoms with E-state index in [2.05, 4.69) is 15.5 Å². The van der Waals surface area contributed by atoms with Crippen molar-refractivity contribution in [3.05, 3.63) is 5.51 Å². The number of carbonyl (C=O) groups is 2. The lowest BCUT2D eigenvalue weighted by Gasteiger charge is -2.31. The number of anilines is 1. The SMILES string of the molecule is CC(F)(F)CC(=O)N1CCC(C(=O)Nc2nncs2)CC1. The van der Waals surface area contributed by atoms with Gasteiger partial charge in [-0.1, -0.05) is 11.3 Å². The van der Waals surface area contributed by atoms with Crippen molar-refractivity contribution in [3.8, 4) is 0 Å². The average Bonchev–Trinajstić information content (AvgIpc) is 2.90. The second-order valence-corrected chi connectivity index (χ2v) is 5.97. The molecule has 21 heavy (non-hydrogen) atoms. The molecule has 1 aromatic heterocycles. The van der Waals surface area contributed by atoms with Crippen LogP contribution in [-0.4, -0.2) is 45.9 Å². The highest BCUT2D eigenvalue weighted by Gasteiger charge is 2.32. The van der Waals surface area contributed by atoms with Gasteiger partial charge in [0.2, 0.25) is 16.9 Å². The second-order valence-electron chi connectivity index (χ2n) is 5.14. The van der Waals surface area contributed by atoms with Crippen LogP contribution >= 0.6 is 11.3 Å². The summed E-state index contributed by atoms with van der Waals surface area (Å²) in [6.07, 6.45) is 0.145. The number of aromatic nitrogens is 2. The molecule has 0 aliphatic carbocycles. The number of rotatable bonds is 4. The zero-order valence-electron chi connectivity index (χ0n) is 11.5. The normalized spacial score (nSPS) is 16.8. The molecular weight excluding hydrogens is 302 g/mol. The smallest absolute Gasteiger partial charge is 0.254 e. The Morgan fingerprint density at radius 2 is 2.14 bits per heavy atom. The largest absolute Gasteiger partial charge is 0.342 e. The average molecular weight is 318 g/mol. The van der Waals surface area contributed by atoms with Crippen LogP contribution in [0, 0.1) is 5.92 Å². The molecule has 2 rings (SSSR count). The topological polar surface area (TPSA) is 75.2 Å². The predicted octanol–water partition coefficient (Wildman–Crippen LogP) is 1.76. The molecule has 1 aliphatic heterocycles. The van der Waals surface area contributed by atoms with Gasteiger partial charge in [0.1, 0.15) is 5.51 Å². The summed E-state index contributed by atoms with van der Waals surface area (Å²) < 4.78 is 25.6. The zero-order chi connectivity index (χ0) is 15.5. The third kappa shape index (κ3) is 4.69. The van der Waals surface area contributed by atoms with Crippen LogP contribution in [0.4, 0.5) is 13.9 Å². The van der Waals surface area contributed by atoms with Crippen molar-refractivity contribution in [2.45, 2.75) is 32.1 Å². The molecule has 116 valence electrons. The number of piperidine rings is 1. The van der Waals surface area contributed by atoms with Gasteiger partial charge in [-0.25, -0.2) is 8.78 Å². The van der Waals surface area contributed by atoms with E-state index in [1.54, 1.807) is 0 Å². The maximum absolute atomic E-state index is 12.8. The van der Waals surface area contributed by atoms with Crippen molar-refractivity contribution in [1.82, 2.24) is 15.1 Å². The lowest BCUT2D eigenvalue weighted by atomic mass is 9.95. The van der Waals surface area contributed by atoms with Crippen LogP contribution in [0.25, 0.3) is 0 Å². The second kappa shape index (κ2) is 6.42. The number of carbonyl (C=O) groups excluding carboxylic acids is 2.